The molecule has 0 aliphatic carbocycles. The average Bonchev–Trinajstić information content (AvgIpc) is 0.799. The van der Waals surface area contributed by atoms with Crippen molar-refractivity contribution in [2.24, 2.45) is 0 Å². The minimum absolute atomic E-state index is 0. The van der Waals surface area contributed by atoms with Crippen molar-refractivity contribution in [2.75, 3.05) is 44.8 Å². The molecule has 0 bridgehead atoms. The Labute approximate surface area is 642 Å². The molecule has 45 nitrogen and oxygen atoms in total. The van der Waals surface area contributed by atoms with Crippen LogP contribution in [0.15, 0.2) is 24.3 Å². The fraction of sp³-hybridized carbons (Fsp3) is 0.757. The van der Waals surface area contributed by atoms with Gasteiger partial charge in [-0.3, -0.25) is 41.8 Å². The number of unbranched alkanes of at least 4 members (excludes halogenated alkanes) is 8. The third-order valence-electron chi connectivity index (χ3n) is 12.9. The summed E-state index contributed by atoms with van der Waals surface area (Å²) in [5, 5.41) is 27.4. The first-order valence-corrected chi connectivity index (χ1v) is 46.2. The molecule has 60 heteroatoms. The van der Waals surface area contributed by atoms with E-state index in [-0.39, 0.29) is 170 Å². The zero-order valence-corrected chi connectivity index (χ0v) is 68.2. The van der Waals surface area contributed by atoms with Crippen LogP contribution < -0.4 is 80.0 Å². The quantitative estimate of drug-likeness (QED) is 0.0165. The van der Waals surface area contributed by atoms with Crippen LogP contribution in [-0.4, -0.2) is 271 Å². The Morgan fingerprint density at radius 3 is 1.02 bits per heavy atom. The third-order valence-corrected chi connectivity index (χ3v) is 36.7. The maximum absolute atomic E-state index is 12.0. The topological polar surface area (TPSA) is 864 Å². The second-order valence-electron chi connectivity index (χ2n) is 20.6. The van der Waals surface area contributed by atoms with Crippen LogP contribution in [-0.2, 0) is 64.4 Å². The Hall–Kier alpha value is 2.93. The van der Waals surface area contributed by atoms with Crippen LogP contribution in [0, 0.1) is 0 Å². The molecule has 0 heterocycles. The first-order valence-electron chi connectivity index (χ1n) is 26.0. The minimum atomic E-state index is -6.28. The summed E-state index contributed by atoms with van der Waals surface area (Å²) in [6, 6.07) is 4.87. The zero-order valence-electron chi connectivity index (χ0n) is 50.9. The first kappa shape index (κ1) is 109. The van der Waals surface area contributed by atoms with Crippen molar-refractivity contribution in [3.63, 3.8) is 0 Å². The Morgan fingerprint density at radius 1 is 0.392 bits per heavy atom. The minimum Gasteiger partial charge on any atom is -0.808 e. The molecule has 0 spiro atoms. The second kappa shape index (κ2) is 43.4. The Kier molecular flexibility index (Phi) is 48.5. The molecule has 1 aromatic carbocycles. The van der Waals surface area contributed by atoms with Crippen LogP contribution in [0.25, 0.3) is 0 Å². The largest absolute Gasteiger partial charge is 2.00 e. The number of hydrogen-bond donors (Lipinski definition) is 18. The standard InChI is InChI=1S/C14H33NO13P4.C13H24N2O13P4.C10H25NO15P4.3Ca/c1-29(18,19)13(30(20,21)22)11-12(16)15-10-8-6-4-2-3-5-7-9-14(17,31(23,24)25)32(26,27)28;1-29(18,19)11(30(20,21)22)8-15-10-4-2-9(3-5-10)12(16)14-7-6-13(17,31(23,24)25)32(26,27)28;12-8(11-7-6-10(14,29(21,22)23)30(24,25)26)4-2-1-3-5-9(13,27(15,16)17)28(18,19)20;;;/h13,17H,2-11H2,1H3,(H,15,16)(H,18,19)(H2,20,21,22)(H2,23,24,25)(H2,26,27,28);2-5,11,15,17H,6-8H2,1H3,(H,14,16)(H,18,19)(H2,20,21,22)(H2,23,24,25)(H2,26,27,28);13-14H,1-7H2,(H,11,12)(H2,15,16,17)(H2,18,19,20)(H2,21,22,23)(H2,24,25,26);;;/q;;;3*+2/p-12. The van der Waals surface area contributed by atoms with Crippen molar-refractivity contribution in [1.29, 1.82) is 0 Å². The summed E-state index contributed by atoms with van der Waals surface area (Å²) >= 11 is 0. The molecule has 0 aliphatic rings. The number of hydrogen-bond acceptors (Lipinski definition) is 32. The van der Waals surface area contributed by atoms with E-state index in [1.807, 2.05) is 10.6 Å². The summed E-state index contributed by atoms with van der Waals surface area (Å²) in [5.74, 6) is -2.53. The van der Waals surface area contributed by atoms with E-state index in [2.05, 4.69) is 10.6 Å². The predicted octanol–water partition coefficient (Wildman–Crippen LogP) is -9.64. The molecule has 18 N–H and O–H groups in total. The summed E-state index contributed by atoms with van der Waals surface area (Å²) in [6.07, 6.45) is -3.32. The summed E-state index contributed by atoms with van der Waals surface area (Å²) in [7, 11) is -66.6. The SMILES string of the molecule is CP(=O)(O)C(CC(=O)NCCCCCCCCCC(O)(P(=O)([O-])[O-])P(=O)([O-])[O-])P(=O)(O)O.CP(=O)(O)C(CNc1ccc(C(=O)NCCC(O)(P(=O)([O-])[O-])P(=O)([O-])[O-])cc1)P(=O)(O)O.O=C(CCCCCC(O)(P(=O)(O)O)P(=O)(O)O)NCCC(O)(P(=O)([O-])[O-])P(=O)([O-])[O-].[Ca+2].[Ca+2].[Ca+2]. The molecule has 97 heavy (non-hydrogen) atoms. The number of amides is 3. The average molecular weight is 1720 g/mol. The van der Waals surface area contributed by atoms with E-state index >= 15 is 0 Å². The van der Waals surface area contributed by atoms with E-state index in [1.54, 1.807) is 0 Å². The van der Waals surface area contributed by atoms with Crippen LogP contribution in [0.4, 0.5) is 5.69 Å². The van der Waals surface area contributed by atoms with Crippen LogP contribution in [0.5, 0.6) is 0 Å². The molecule has 1 aromatic rings. The molecule has 4 unspecified atom stereocenters. The Morgan fingerprint density at radius 2 is 0.691 bits per heavy atom. The summed E-state index contributed by atoms with van der Waals surface area (Å²) in [5.41, 5.74) is 0.133. The fourth-order valence-corrected chi connectivity index (χ4v) is 21.8. The van der Waals surface area contributed by atoms with Crippen molar-refractivity contribution in [1.82, 2.24) is 16.0 Å². The summed E-state index contributed by atoms with van der Waals surface area (Å²) in [6.45, 7) is -0.551. The van der Waals surface area contributed by atoms with Gasteiger partial charge < -0.3 is 177 Å². The van der Waals surface area contributed by atoms with E-state index < -0.39 is 191 Å². The van der Waals surface area contributed by atoms with Crippen LogP contribution >= 0.6 is 90.7 Å². The molecule has 0 radical (unpaired) electrons. The van der Waals surface area contributed by atoms with E-state index in [0.29, 0.717) is 32.1 Å². The van der Waals surface area contributed by atoms with Crippen molar-refractivity contribution in [2.45, 2.75) is 134 Å². The van der Waals surface area contributed by atoms with Gasteiger partial charge in [-0.2, -0.15) is 0 Å². The van der Waals surface area contributed by atoms with Crippen LogP contribution in [0.1, 0.15) is 113 Å². The van der Waals surface area contributed by atoms with Crippen molar-refractivity contribution in [3.8, 4) is 0 Å². The molecule has 556 valence electrons. The molecule has 0 saturated heterocycles. The fourth-order valence-electron chi connectivity index (χ4n) is 7.38. The second-order valence-corrected chi connectivity index (χ2v) is 45.5. The summed E-state index contributed by atoms with van der Waals surface area (Å²) < 4.78 is 134. The molecule has 4 atom stereocenters. The number of carbonyl (C=O) groups excluding carboxylic acids is 3. The van der Waals surface area contributed by atoms with Crippen LogP contribution in [0.2, 0.25) is 0 Å². The smallest absolute Gasteiger partial charge is 0.808 e. The molecule has 1 rings (SSSR count). The molecule has 3 amide bonds. The van der Waals surface area contributed by atoms with Gasteiger partial charge in [-0.1, -0.05) is 38.5 Å². The van der Waals surface area contributed by atoms with Gasteiger partial charge in [0, 0.05) is 76.4 Å². The molecule has 0 saturated carbocycles. The maximum Gasteiger partial charge on any atom is 2.00 e. The predicted molar refractivity (Wildman–Crippen MR) is 317 cm³/mol. The Bertz CT molecular complexity index is 3150. The molecule has 0 aromatic heterocycles. The van der Waals surface area contributed by atoms with Crippen molar-refractivity contribution < 1.29 is 197 Å². The van der Waals surface area contributed by atoms with Gasteiger partial charge in [0.05, 0.1) is 0 Å². The van der Waals surface area contributed by atoms with Gasteiger partial charge in [0.25, 0.3) is 11.0 Å². The molecule has 0 aliphatic heterocycles. The molecular formula is C37H70Ca3N4O41P12-6. The maximum atomic E-state index is 12.0. The zero-order chi connectivity index (χ0) is 74.8. The summed E-state index contributed by atoms with van der Waals surface area (Å²) in [4.78, 5) is 258. The van der Waals surface area contributed by atoms with Gasteiger partial charge in [0.1, 0.15) is 20.6 Å². The molecule has 0 fully saturated rings. The third kappa shape index (κ3) is 36.8. The number of anilines is 1. The van der Waals surface area contributed by atoms with Gasteiger partial charge in [-0.15, -0.1) is 0 Å². The van der Waals surface area contributed by atoms with Crippen molar-refractivity contribution in [3.05, 3.63) is 29.8 Å². The number of carbonyl (C=O) groups is 3. The molecular weight excluding hydrogens is 1650 g/mol. The number of aliphatic hydroxyl groups is 4. The van der Waals surface area contributed by atoms with E-state index in [4.69, 9.17) is 29.4 Å². The van der Waals surface area contributed by atoms with Gasteiger partial charge in [0.15, 0.2) is 5.40 Å². The van der Waals surface area contributed by atoms with E-state index in [9.17, 15) is 168 Å². The van der Waals surface area contributed by atoms with Gasteiger partial charge in [-0.05, 0) is 108 Å². The van der Waals surface area contributed by atoms with Gasteiger partial charge >= 0.3 is 144 Å². The van der Waals surface area contributed by atoms with Gasteiger partial charge in [0.2, 0.25) is 26.6 Å². The first-order chi connectivity index (χ1) is 41.5. The number of rotatable bonds is 40. The van der Waals surface area contributed by atoms with Crippen LogP contribution in [0.3, 0.4) is 0 Å². The van der Waals surface area contributed by atoms with E-state index in [1.165, 1.54) is 24.3 Å². The van der Waals surface area contributed by atoms with Crippen molar-refractivity contribution >= 4 is 227 Å². The van der Waals surface area contributed by atoms with Gasteiger partial charge in [-0.25, -0.2) is 0 Å². The monoisotopic (exact) mass is 1720 g/mol. The number of benzene rings is 1. The normalized spacial score (nSPS) is 15.3. The Balaban J connectivity index is -0.000000430. The van der Waals surface area contributed by atoms with E-state index in [0.717, 1.165) is 13.3 Å². The number of nitrogens with one attached hydrogen (secondary N) is 4.